The molecule has 6 rings (SSSR count). The minimum Gasteiger partial charge on any atom is -0.394 e. The minimum absolute atomic E-state index is 0.187. The molecular weight excluding hydrogens is 618 g/mol. The van der Waals surface area contributed by atoms with Crippen molar-refractivity contribution in [1.82, 2.24) is 44.4 Å². The van der Waals surface area contributed by atoms with Crippen LogP contribution in [0.15, 0.2) is 19.0 Å². The van der Waals surface area contributed by atoms with Gasteiger partial charge in [0.05, 0.1) is 12.9 Å². The molecule has 19 nitrogen and oxygen atoms in total. The molecule has 19 heteroatoms. The number of likely N-dealkylation sites (N-methyl/N-ethyl adjacent to an activating group) is 1. The lowest BCUT2D eigenvalue weighted by molar-refractivity contribution is -0.137. The van der Waals surface area contributed by atoms with Crippen molar-refractivity contribution in [3.05, 3.63) is 24.8 Å². The number of nitrogens with one attached hydrogen (secondary N) is 1. The Labute approximate surface area is 267 Å². The number of carbonyl (C=O) groups is 1. The van der Waals surface area contributed by atoms with Gasteiger partial charge >= 0.3 is 0 Å². The monoisotopic (exact) mass is 655 g/mol. The molecule has 2 fully saturated rings. The molecule has 0 aliphatic carbocycles. The van der Waals surface area contributed by atoms with E-state index in [0.29, 0.717) is 41.1 Å². The van der Waals surface area contributed by atoms with Gasteiger partial charge in [-0.25, -0.2) is 29.9 Å². The number of nitrogens with two attached hydrogens (primary N) is 2. The number of hydrogen-bond acceptors (Lipinski definition) is 16. The maximum atomic E-state index is 11.9. The summed E-state index contributed by atoms with van der Waals surface area (Å²) in [4.78, 5) is 36.2. The number of unbranched alkanes of at least 4 members (excludes halogenated alkanes) is 2. The second kappa shape index (κ2) is 14.5. The molecule has 2 saturated heterocycles. The lowest BCUT2D eigenvalue weighted by Crippen LogP contribution is -2.42. The Kier molecular flexibility index (Phi) is 10.4. The first-order chi connectivity index (χ1) is 22.6. The fraction of sp³-hybridized carbons (Fsp3) is 0.536. The Hall–Kier alpha value is -4.55. The molecule has 0 saturated carbocycles. The SMILES string of the molecule is CCCCC#Cc1nc2c(N)ncnc2n1[C@@H]1O[C@H](CO)[C@@H](O)[C@H]1O.CCNC(=O)[C@H]1O[C@@H](n2cnc3c(N)ncnc32)[C@H](O)[C@@H]1O. The van der Waals surface area contributed by atoms with E-state index in [-0.39, 0.29) is 11.6 Å². The third kappa shape index (κ3) is 6.52. The van der Waals surface area contributed by atoms with Crippen LogP contribution >= 0.6 is 0 Å². The number of ether oxygens (including phenoxy) is 2. The number of aliphatic hydroxyl groups is 5. The van der Waals surface area contributed by atoms with Crippen LogP contribution in [0.5, 0.6) is 0 Å². The molecule has 47 heavy (non-hydrogen) atoms. The van der Waals surface area contributed by atoms with Crippen LogP contribution in [-0.2, 0) is 14.3 Å². The van der Waals surface area contributed by atoms with Gasteiger partial charge in [0.25, 0.3) is 5.91 Å². The highest BCUT2D eigenvalue weighted by Gasteiger charge is 2.48. The smallest absolute Gasteiger partial charge is 0.252 e. The van der Waals surface area contributed by atoms with Crippen molar-refractivity contribution >= 4 is 39.9 Å². The molecule has 0 aromatic carbocycles. The van der Waals surface area contributed by atoms with Crippen molar-refractivity contribution in [3.63, 3.8) is 0 Å². The van der Waals surface area contributed by atoms with E-state index in [9.17, 15) is 30.3 Å². The van der Waals surface area contributed by atoms with E-state index in [1.807, 2.05) is 0 Å². The zero-order chi connectivity index (χ0) is 33.8. The number of carbonyl (C=O) groups excluding carboxylic acids is 1. The predicted octanol–water partition coefficient (Wildman–Crippen LogP) is -2.27. The molecule has 252 valence electrons. The molecule has 2 aliphatic heterocycles. The molecule has 4 aromatic rings. The predicted molar refractivity (Wildman–Crippen MR) is 163 cm³/mol. The highest BCUT2D eigenvalue weighted by Crippen LogP contribution is 2.34. The van der Waals surface area contributed by atoms with Crippen molar-refractivity contribution in [1.29, 1.82) is 0 Å². The number of aliphatic hydroxyl groups excluding tert-OH is 5. The van der Waals surface area contributed by atoms with Crippen LogP contribution in [0.1, 0.15) is 51.4 Å². The van der Waals surface area contributed by atoms with Crippen molar-refractivity contribution in [2.24, 2.45) is 0 Å². The van der Waals surface area contributed by atoms with E-state index >= 15 is 0 Å². The summed E-state index contributed by atoms with van der Waals surface area (Å²) in [5, 5.41) is 52.4. The van der Waals surface area contributed by atoms with Gasteiger partial charge in [0.2, 0.25) is 0 Å². The fourth-order valence-corrected chi connectivity index (χ4v) is 5.19. The second-order valence-corrected chi connectivity index (χ2v) is 10.8. The molecule has 2 aliphatic rings. The van der Waals surface area contributed by atoms with Gasteiger partial charge in [0, 0.05) is 13.0 Å². The van der Waals surface area contributed by atoms with Crippen LogP contribution in [0.2, 0.25) is 0 Å². The maximum absolute atomic E-state index is 11.9. The van der Waals surface area contributed by atoms with Crippen molar-refractivity contribution < 1.29 is 39.8 Å². The summed E-state index contributed by atoms with van der Waals surface area (Å²) in [6.07, 6.45) is -2.60. The number of nitrogens with zero attached hydrogens (tertiary/aromatic N) is 8. The van der Waals surface area contributed by atoms with Gasteiger partial charge in [-0.1, -0.05) is 19.3 Å². The van der Waals surface area contributed by atoms with Gasteiger partial charge in [-0.2, -0.15) is 0 Å². The molecule has 10 N–H and O–H groups in total. The number of aromatic nitrogens is 8. The van der Waals surface area contributed by atoms with Gasteiger partial charge in [0.1, 0.15) is 48.7 Å². The standard InChI is InChI=1S/C16H21N5O4.C12H16N6O4/c1-2-3-4-5-6-10-20-11-14(17)18-8-19-15(11)21(10)16-13(24)12(23)9(7-22)25-16;1-2-14-11(21)8-6(19)7(20)12(22-8)18-4-17-5-9(13)15-3-16-10(5)18/h8-9,12-13,16,22-24H,2-4,7H2,1H3,(H2,17,18,19);3-4,6-8,12,19-20H,2H2,1H3,(H,14,21)(H2,13,15,16)/t9-,12-,13-,16-;6-,7+,8-,12+/m10/s1. The Bertz CT molecular complexity index is 1770. The summed E-state index contributed by atoms with van der Waals surface area (Å²) < 4.78 is 14.0. The van der Waals surface area contributed by atoms with Crippen LogP contribution in [-0.4, -0.2) is 120 Å². The Balaban J connectivity index is 0.000000186. The fourth-order valence-electron chi connectivity index (χ4n) is 5.19. The Morgan fingerprint density at radius 2 is 1.60 bits per heavy atom. The van der Waals surface area contributed by atoms with Crippen LogP contribution < -0.4 is 16.8 Å². The van der Waals surface area contributed by atoms with Crippen LogP contribution in [0.4, 0.5) is 11.6 Å². The number of anilines is 2. The second-order valence-electron chi connectivity index (χ2n) is 10.8. The minimum atomic E-state index is -1.35. The Morgan fingerprint density at radius 1 is 0.915 bits per heavy atom. The highest BCUT2D eigenvalue weighted by molar-refractivity contribution is 5.83. The zero-order valence-electron chi connectivity index (χ0n) is 25.6. The average molecular weight is 656 g/mol. The summed E-state index contributed by atoms with van der Waals surface area (Å²) in [6.45, 7) is 3.79. The lowest BCUT2D eigenvalue weighted by Gasteiger charge is -2.17. The van der Waals surface area contributed by atoms with Gasteiger partial charge in [-0.3, -0.25) is 13.9 Å². The van der Waals surface area contributed by atoms with Gasteiger partial charge < -0.3 is 51.8 Å². The van der Waals surface area contributed by atoms with Gasteiger partial charge in [-0.05, 0) is 19.3 Å². The quantitative estimate of drug-likeness (QED) is 0.0769. The average Bonchev–Trinajstić information content (AvgIpc) is 3.80. The van der Waals surface area contributed by atoms with E-state index in [1.54, 1.807) is 6.92 Å². The van der Waals surface area contributed by atoms with E-state index < -0.39 is 61.6 Å². The number of fused-ring (bicyclic) bond motifs is 2. The topological polar surface area (TPSA) is 288 Å². The summed E-state index contributed by atoms with van der Waals surface area (Å²) in [5.74, 6) is 6.18. The molecule has 0 bridgehead atoms. The third-order valence-corrected chi connectivity index (χ3v) is 7.64. The largest absolute Gasteiger partial charge is 0.394 e. The first-order valence-corrected chi connectivity index (χ1v) is 14.9. The number of amides is 1. The third-order valence-electron chi connectivity index (χ3n) is 7.64. The number of hydrogen-bond donors (Lipinski definition) is 8. The summed E-state index contributed by atoms with van der Waals surface area (Å²) in [5.41, 5.74) is 13.0. The first-order valence-electron chi connectivity index (χ1n) is 14.9. The summed E-state index contributed by atoms with van der Waals surface area (Å²) >= 11 is 0. The number of nitrogen functional groups attached to an aromatic ring is 2. The van der Waals surface area contributed by atoms with Crippen molar-refractivity contribution in [3.8, 4) is 11.8 Å². The molecule has 0 spiro atoms. The van der Waals surface area contributed by atoms with Crippen molar-refractivity contribution in [2.75, 3.05) is 24.6 Å². The van der Waals surface area contributed by atoms with Crippen LogP contribution in [0.3, 0.4) is 0 Å². The first kappa shape index (κ1) is 33.8. The Morgan fingerprint density at radius 3 is 2.26 bits per heavy atom. The highest BCUT2D eigenvalue weighted by atomic mass is 16.6. The van der Waals surface area contributed by atoms with Crippen molar-refractivity contribution in [2.45, 2.75) is 82.2 Å². The summed E-state index contributed by atoms with van der Waals surface area (Å²) in [7, 11) is 0. The molecular formula is C28H37N11O8. The van der Waals surface area contributed by atoms with Gasteiger partial charge in [0.15, 0.2) is 52.8 Å². The normalized spacial score (nSPS) is 27.0. The van der Waals surface area contributed by atoms with E-state index in [0.717, 1.165) is 12.8 Å². The maximum Gasteiger partial charge on any atom is 0.252 e. The van der Waals surface area contributed by atoms with Gasteiger partial charge in [-0.15, -0.1) is 0 Å². The zero-order valence-corrected chi connectivity index (χ0v) is 25.6. The van der Waals surface area contributed by atoms with E-state index in [1.165, 1.54) is 28.1 Å². The molecule has 8 atom stereocenters. The molecule has 4 aromatic heterocycles. The number of imidazole rings is 2. The molecule has 0 unspecified atom stereocenters. The van der Waals surface area contributed by atoms with Crippen LogP contribution in [0, 0.1) is 11.8 Å². The van der Waals surface area contributed by atoms with E-state index in [2.05, 4.69) is 54.0 Å². The number of rotatable bonds is 7. The lowest BCUT2D eigenvalue weighted by atomic mass is 10.1. The molecule has 1 amide bonds. The van der Waals surface area contributed by atoms with Crippen LogP contribution in [0.25, 0.3) is 22.3 Å². The molecule has 6 heterocycles. The summed E-state index contributed by atoms with van der Waals surface area (Å²) in [6, 6.07) is 0. The van der Waals surface area contributed by atoms with E-state index in [4.69, 9.17) is 20.9 Å². The molecule has 0 radical (unpaired) electrons.